The summed E-state index contributed by atoms with van der Waals surface area (Å²) in [6.07, 6.45) is 1.07. The highest BCUT2D eigenvalue weighted by molar-refractivity contribution is 7.16. The molecule has 92 valence electrons. The Morgan fingerprint density at radius 3 is 2.41 bits per heavy atom. The minimum Gasteiger partial charge on any atom is -0.344 e. The van der Waals surface area contributed by atoms with E-state index in [1.165, 1.54) is 21.1 Å². The van der Waals surface area contributed by atoms with E-state index in [-0.39, 0.29) is 6.15 Å². The summed E-state index contributed by atoms with van der Waals surface area (Å²) in [5.41, 5.74) is 2.71. The predicted molar refractivity (Wildman–Crippen MR) is 78.0 cm³/mol. The number of anilines is 2. The molecule has 17 heavy (non-hydrogen) atoms. The average molecular weight is 248 g/mol. The Balaban J connectivity index is 0.00000144. The topological polar surface area (TPSA) is 38.2 Å². The van der Waals surface area contributed by atoms with Crippen molar-refractivity contribution in [1.29, 1.82) is 0 Å². The highest BCUT2D eigenvalue weighted by Crippen LogP contribution is 2.32. The zero-order valence-electron chi connectivity index (χ0n) is 10.7. The van der Waals surface area contributed by atoms with Gasteiger partial charge >= 0.3 is 0 Å². The molecule has 0 atom stereocenters. The Bertz CT molecular complexity index is 477. The highest BCUT2D eigenvalue weighted by Gasteiger charge is 2.08. The molecule has 0 aliphatic carbocycles. The van der Waals surface area contributed by atoms with Crippen LogP contribution in [0.3, 0.4) is 0 Å². The molecular formula is C14H20N2S. The van der Waals surface area contributed by atoms with Crippen molar-refractivity contribution in [2.45, 2.75) is 20.3 Å². The van der Waals surface area contributed by atoms with Gasteiger partial charge in [0.05, 0.1) is 5.00 Å². The predicted octanol–water partition coefficient (Wildman–Crippen LogP) is 4.55. The number of hydrogen-bond acceptors (Lipinski definition) is 3. The van der Waals surface area contributed by atoms with Crippen LogP contribution in [-0.2, 0) is 6.42 Å². The van der Waals surface area contributed by atoms with Gasteiger partial charge in [-0.2, -0.15) is 0 Å². The van der Waals surface area contributed by atoms with Crippen molar-refractivity contribution in [3.63, 3.8) is 0 Å². The standard InChI is InChI=1S/C14H17NS.H3N/c1-4-12-7-5-6-8-13(12)15(3)14-10-9-11(2)16-14;/h5-10H,4H2,1-3H3;1H3. The summed E-state index contributed by atoms with van der Waals surface area (Å²) < 4.78 is 0. The lowest BCUT2D eigenvalue weighted by molar-refractivity contribution is 1.10. The van der Waals surface area contributed by atoms with Crippen molar-refractivity contribution in [2.75, 3.05) is 11.9 Å². The number of rotatable bonds is 3. The maximum atomic E-state index is 2.27. The minimum absolute atomic E-state index is 0. The number of thiophene rings is 1. The average Bonchev–Trinajstić information content (AvgIpc) is 2.75. The van der Waals surface area contributed by atoms with E-state index in [4.69, 9.17) is 0 Å². The van der Waals surface area contributed by atoms with Gasteiger partial charge in [0.15, 0.2) is 0 Å². The van der Waals surface area contributed by atoms with Crippen LogP contribution >= 0.6 is 11.3 Å². The SMILES string of the molecule is CCc1ccccc1N(C)c1ccc(C)s1.N. The van der Waals surface area contributed by atoms with Gasteiger partial charge in [0, 0.05) is 17.6 Å². The van der Waals surface area contributed by atoms with E-state index in [2.05, 4.69) is 62.2 Å². The van der Waals surface area contributed by atoms with E-state index >= 15 is 0 Å². The summed E-state index contributed by atoms with van der Waals surface area (Å²) in [5, 5.41) is 1.30. The molecule has 0 fully saturated rings. The first-order chi connectivity index (χ1) is 7.72. The van der Waals surface area contributed by atoms with Crippen LogP contribution < -0.4 is 11.1 Å². The second kappa shape index (κ2) is 5.84. The fourth-order valence-electron chi connectivity index (χ4n) is 1.86. The lowest BCUT2D eigenvalue weighted by atomic mass is 10.1. The smallest absolute Gasteiger partial charge is 0.0953 e. The van der Waals surface area contributed by atoms with Crippen LogP contribution in [0.15, 0.2) is 36.4 Å². The van der Waals surface area contributed by atoms with Crippen LogP contribution in [0.4, 0.5) is 10.7 Å². The van der Waals surface area contributed by atoms with Gasteiger partial charge < -0.3 is 11.1 Å². The molecule has 2 rings (SSSR count). The molecule has 3 N–H and O–H groups in total. The van der Waals surface area contributed by atoms with Gasteiger partial charge in [0.2, 0.25) is 0 Å². The van der Waals surface area contributed by atoms with Gasteiger partial charge in [-0.25, -0.2) is 0 Å². The molecule has 2 nitrogen and oxygen atoms in total. The molecule has 1 aromatic carbocycles. The van der Waals surface area contributed by atoms with Gasteiger partial charge in [0.25, 0.3) is 0 Å². The van der Waals surface area contributed by atoms with Gasteiger partial charge in [-0.15, -0.1) is 11.3 Å². The van der Waals surface area contributed by atoms with Crippen molar-refractivity contribution in [2.24, 2.45) is 0 Å². The zero-order valence-corrected chi connectivity index (χ0v) is 11.6. The first-order valence-electron chi connectivity index (χ1n) is 5.60. The second-order valence-corrected chi connectivity index (χ2v) is 5.19. The number of aryl methyl sites for hydroxylation is 2. The van der Waals surface area contributed by atoms with Crippen LogP contribution in [0.1, 0.15) is 17.4 Å². The van der Waals surface area contributed by atoms with Crippen LogP contribution in [0.25, 0.3) is 0 Å². The molecule has 0 saturated heterocycles. The molecule has 0 unspecified atom stereocenters. The van der Waals surface area contributed by atoms with Crippen molar-refractivity contribution in [3.8, 4) is 0 Å². The lowest BCUT2D eigenvalue weighted by Gasteiger charge is -2.20. The molecule has 1 heterocycles. The Labute approximate surface area is 107 Å². The number of hydrogen-bond donors (Lipinski definition) is 1. The highest BCUT2D eigenvalue weighted by atomic mass is 32.1. The summed E-state index contributed by atoms with van der Waals surface area (Å²) in [6, 6.07) is 13.0. The molecule has 2 aromatic rings. The van der Waals surface area contributed by atoms with E-state index in [9.17, 15) is 0 Å². The minimum atomic E-state index is 0. The molecule has 0 spiro atoms. The first-order valence-corrected chi connectivity index (χ1v) is 6.42. The molecule has 0 radical (unpaired) electrons. The largest absolute Gasteiger partial charge is 0.344 e. The molecule has 0 amide bonds. The molecule has 3 heteroatoms. The first kappa shape index (κ1) is 13.7. The molecule has 1 aromatic heterocycles. The van der Waals surface area contributed by atoms with E-state index in [1.807, 2.05) is 11.3 Å². The van der Waals surface area contributed by atoms with E-state index in [1.54, 1.807) is 0 Å². The maximum Gasteiger partial charge on any atom is 0.0953 e. The van der Waals surface area contributed by atoms with Crippen molar-refractivity contribution < 1.29 is 0 Å². The second-order valence-electron chi connectivity index (χ2n) is 3.93. The van der Waals surface area contributed by atoms with Crippen LogP contribution in [0.5, 0.6) is 0 Å². The summed E-state index contributed by atoms with van der Waals surface area (Å²) in [6.45, 7) is 4.35. The lowest BCUT2D eigenvalue weighted by Crippen LogP contribution is -2.09. The fraction of sp³-hybridized carbons (Fsp3) is 0.286. The third-order valence-corrected chi connectivity index (χ3v) is 3.87. The van der Waals surface area contributed by atoms with Crippen LogP contribution in [-0.4, -0.2) is 7.05 Å². The molecule has 0 aliphatic rings. The third-order valence-electron chi connectivity index (χ3n) is 2.79. The maximum absolute atomic E-state index is 2.27. The van der Waals surface area contributed by atoms with Crippen molar-refractivity contribution in [1.82, 2.24) is 6.15 Å². The quantitative estimate of drug-likeness (QED) is 0.865. The van der Waals surface area contributed by atoms with E-state index in [0.717, 1.165) is 6.42 Å². The van der Waals surface area contributed by atoms with Gasteiger partial charge in [-0.05, 0) is 37.1 Å². The van der Waals surface area contributed by atoms with Gasteiger partial charge in [-0.1, -0.05) is 25.1 Å². The summed E-state index contributed by atoms with van der Waals surface area (Å²) >= 11 is 1.84. The number of para-hydroxylation sites is 1. The van der Waals surface area contributed by atoms with Crippen molar-refractivity contribution in [3.05, 3.63) is 46.8 Å². The molecule has 0 aliphatic heterocycles. The van der Waals surface area contributed by atoms with Crippen LogP contribution in [0, 0.1) is 6.92 Å². The van der Waals surface area contributed by atoms with Crippen LogP contribution in [0.2, 0.25) is 0 Å². The van der Waals surface area contributed by atoms with Crippen molar-refractivity contribution >= 4 is 22.0 Å². The molecular weight excluding hydrogens is 228 g/mol. The summed E-state index contributed by atoms with van der Waals surface area (Å²) in [4.78, 5) is 3.63. The van der Waals surface area contributed by atoms with E-state index in [0.29, 0.717) is 0 Å². The Morgan fingerprint density at radius 1 is 1.12 bits per heavy atom. The normalized spacial score (nSPS) is 9.82. The summed E-state index contributed by atoms with van der Waals surface area (Å²) in [7, 11) is 2.14. The molecule has 0 saturated carbocycles. The fourth-order valence-corrected chi connectivity index (χ4v) is 2.69. The molecule has 0 bridgehead atoms. The third kappa shape index (κ3) is 2.87. The Morgan fingerprint density at radius 2 is 1.82 bits per heavy atom. The summed E-state index contributed by atoms with van der Waals surface area (Å²) in [5.74, 6) is 0. The Hall–Kier alpha value is -1.32. The number of benzene rings is 1. The van der Waals surface area contributed by atoms with E-state index < -0.39 is 0 Å². The van der Waals surface area contributed by atoms with Gasteiger partial charge in [0.1, 0.15) is 0 Å². The zero-order chi connectivity index (χ0) is 11.5. The number of nitrogens with zero attached hydrogens (tertiary/aromatic N) is 1. The monoisotopic (exact) mass is 248 g/mol. The Kier molecular flexibility index (Phi) is 4.73. The van der Waals surface area contributed by atoms with Gasteiger partial charge in [-0.3, -0.25) is 0 Å².